The lowest BCUT2D eigenvalue weighted by atomic mass is 10.0. The predicted octanol–water partition coefficient (Wildman–Crippen LogP) is 2.49. The van der Waals surface area contributed by atoms with Crippen molar-refractivity contribution in [3.05, 3.63) is 41.6 Å². The first kappa shape index (κ1) is 10.1. The van der Waals surface area contributed by atoms with E-state index in [4.69, 9.17) is 0 Å². The normalized spacial score (nSPS) is 14.5. The summed E-state index contributed by atoms with van der Waals surface area (Å²) < 4.78 is 0. The molecule has 86 valence electrons. The highest BCUT2D eigenvalue weighted by Crippen LogP contribution is 2.31. The van der Waals surface area contributed by atoms with Gasteiger partial charge in [0, 0.05) is 35.6 Å². The molecular formula is C14H14N2O. The number of aromatic amines is 1. The van der Waals surface area contributed by atoms with Crippen LogP contribution in [0.3, 0.4) is 0 Å². The maximum Gasteiger partial charge on any atom is 0.176 e. The molecular weight excluding hydrogens is 212 g/mol. The first-order valence-electron chi connectivity index (χ1n) is 5.76. The monoisotopic (exact) mass is 226 g/mol. The standard InChI is InChI=1S/C14H14N2O/c1-8-10-4-3-5-12-13(10)11(6-7-15-8)14(16-12)9(2)17/h3-5,15-16H,1,6-7H2,2H3. The summed E-state index contributed by atoms with van der Waals surface area (Å²) in [6.45, 7) is 6.47. The molecule has 3 heteroatoms. The van der Waals surface area contributed by atoms with Gasteiger partial charge in [0.05, 0.1) is 5.69 Å². The lowest BCUT2D eigenvalue weighted by Crippen LogP contribution is -2.13. The second-order valence-corrected chi connectivity index (χ2v) is 4.42. The van der Waals surface area contributed by atoms with Crippen molar-refractivity contribution in [2.75, 3.05) is 6.54 Å². The van der Waals surface area contributed by atoms with E-state index in [1.54, 1.807) is 6.92 Å². The first-order chi connectivity index (χ1) is 8.18. The molecule has 0 radical (unpaired) electrons. The highest BCUT2D eigenvalue weighted by Gasteiger charge is 2.20. The lowest BCUT2D eigenvalue weighted by molar-refractivity contribution is 0.101. The summed E-state index contributed by atoms with van der Waals surface area (Å²) in [6, 6.07) is 6.04. The molecule has 1 aliphatic rings. The number of rotatable bonds is 1. The minimum atomic E-state index is 0.0923. The third-order valence-electron chi connectivity index (χ3n) is 3.32. The number of carbonyl (C=O) groups excluding carboxylic acids is 1. The Hall–Kier alpha value is -2.03. The summed E-state index contributed by atoms with van der Waals surface area (Å²) in [4.78, 5) is 14.9. The van der Waals surface area contributed by atoms with Gasteiger partial charge in [0.15, 0.2) is 5.78 Å². The highest BCUT2D eigenvalue weighted by atomic mass is 16.1. The SMILES string of the molecule is C=C1NCCc2c(C(C)=O)[nH]c3cccc1c23. The third-order valence-corrected chi connectivity index (χ3v) is 3.32. The van der Waals surface area contributed by atoms with Gasteiger partial charge in [-0.15, -0.1) is 0 Å². The van der Waals surface area contributed by atoms with Crippen molar-refractivity contribution < 1.29 is 4.79 Å². The summed E-state index contributed by atoms with van der Waals surface area (Å²) >= 11 is 0. The van der Waals surface area contributed by atoms with Crippen LogP contribution in [0.2, 0.25) is 0 Å². The Morgan fingerprint density at radius 1 is 1.41 bits per heavy atom. The van der Waals surface area contributed by atoms with Crippen molar-refractivity contribution in [3.63, 3.8) is 0 Å². The fraction of sp³-hybridized carbons (Fsp3) is 0.214. The van der Waals surface area contributed by atoms with Crippen molar-refractivity contribution in [2.24, 2.45) is 0 Å². The van der Waals surface area contributed by atoms with Crippen molar-refractivity contribution in [1.29, 1.82) is 0 Å². The van der Waals surface area contributed by atoms with Crippen molar-refractivity contribution in [1.82, 2.24) is 10.3 Å². The van der Waals surface area contributed by atoms with Gasteiger partial charge >= 0.3 is 0 Å². The Balaban J connectivity index is 2.43. The number of H-pyrrole nitrogens is 1. The number of hydrogen-bond acceptors (Lipinski definition) is 2. The number of hydrogen-bond donors (Lipinski definition) is 2. The largest absolute Gasteiger partial charge is 0.385 e. The Kier molecular flexibility index (Phi) is 2.08. The summed E-state index contributed by atoms with van der Waals surface area (Å²) in [7, 11) is 0. The Bertz CT molecular complexity index is 637. The molecule has 2 heterocycles. The number of aromatic nitrogens is 1. The van der Waals surface area contributed by atoms with E-state index in [0.717, 1.165) is 46.4 Å². The fourth-order valence-electron chi connectivity index (χ4n) is 2.55. The molecule has 2 N–H and O–H groups in total. The molecule has 3 rings (SSSR count). The second-order valence-electron chi connectivity index (χ2n) is 4.42. The molecule has 0 amide bonds. The van der Waals surface area contributed by atoms with Crippen LogP contribution in [0, 0.1) is 0 Å². The van der Waals surface area contributed by atoms with Crippen LogP contribution in [0.5, 0.6) is 0 Å². The number of benzene rings is 1. The Morgan fingerprint density at radius 3 is 3.00 bits per heavy atom. The van der Waals surface area contributed by atoms with Gasteiger partial charge in [-0.2, -0.15) is 0 Å². The highest BCUT2D eigenvalue weighted by molar-refractivity contribution is 6.04. The van der Waals surface area contributed by atoms with Crippen LogP contribution in [0.15, 0.2) is 24.8 Å². The zero-order valence-electron chi connectivity index (χ0n) is 9.76. The molecule has 0 aliphatic carbocycles. The van der Waals surface area contributed by atoms with Gasteiger partial charge in [0.2, 0.25) is 0 Å². The van der Waals surface area contributed by atoms with E-state index in [1.165, 1.54) is 0 Å². The summed E-state index contributed by atoms with van der Waals surface area (Å²) in [6.07, 6.45) is 0.852. The summed E-state index contributed by atoms with van der Waals surface area (Å²) in [5.74, 6) is 0.0923. The second kappa shape index (κ2) is 3.48. The number of nitrogens with one attached hydrogen (secondary N) is 2. The first-order valence-corrected chi connectivity index (χ1v) is 5.76. The molecule has 0 unspecified atom stereocenters. The molecule has 1 aromatic carbocycles. The molecule has 1 aliphatic heterocycles. The van der Waals surface area contributed by atoms with E-state index in [2.05, 4.69) is 16.9 Å². The Morgan fingerprint density at radius 2 is 2.24 bits per heavy atom. The van der Waals surface area contributed by atoms with Gasteiger partial charge in [0.1, 0.15) is 0 Å². The van der Waals surface area contributed by atoms with Gasteiger partial charge in [-0.25, -0.2) is 0 Å². The zero-order valence-corrected chi connectivity index (χ0v) is 9.76. The lowest BCUT2D eigenvalue weighted by Gasteiger charge is -2.06. The molecule has 0 saturated carbocycles. The molecule has 2 aromatic rings. The van der Waals surface area contributed by atoms with Crippen molar-refractivity contribution in [3.8, 4) is 0 Å². The van der Waals surface area contributed by atoms with E-state index in [1.807, 2.05) is 18.2 Å². The van der Waals surface area contributed by atoms with Gasteiger partial charge in [-0.05, 0) is 18.1 Å². The van der Waals surface area contributed by atoms with E-state index in [-0.39, 0.29) is 5.78 Å². The fourth-order valence-corrected chi connectivity index (χ4v) is 2.55. The molecule has 0 atom stereocenters. The number of ketones is 1. The van der Waals surface area contributed by atoms with Crippen LogP contribution in [0.1, 0.15) is 28.5 Å². The van der Waals surface area contributed by atoms with E-state index in [9.17, 15) is 4.79 Å². The average Bonchev–Trinajstić information content (AvgIpc) is 2.59. The van der Waals surface area contributed by atoms with Crippen LogP contribution < -0.4 is 5.32 Å². The van der Waals surface area contributed by atoms with Gasteiger partial charge in [-0.1, -0.05) is 18.7 Å². The molecule has 0 bridgehead atoms. The number of Topliss-reactive ketones (excluding diaryl/α,β-unsaturated/α-hetero) is 1. The van der Waals surface area contributed by atoms with E-state index >= 15 is 0 Å². The van der Waals surface area contributed by atoms with Crippen molar-refractivity contribution in [2.45, 2.75) is 13.3 Å². The smallest absolute Gasteiger partial charge is 0.176 e. The van der Waals surface area contributed by atoms with E-state index < -0.39 is 0 Å². The van der Waals surface area contributed by atoms with Crippen LogP contribution in [-0.4, -0.2) is 17.3 Å². The minimum absolute atomic E-state index is 0.0923. The topological polar surface area (TPSA) is 44.9 Å². The summed E-state index contributed by atoms with van der Waals surface area (Å²) in [5.41, 5.74) is 4.91. The number of carbonyl (C=O) groups is 1. The van der Waals surface area contributed by atoms with Crippen LogP contribution in [0.25, 0.3) is 16.6 Å². The zero-order chi connectivity index (χ0) is 12.0. The molecule has 0 saturated heterocycles. The van der Waals surface area contributed by atoms with Crippen LogP contribution >= 0.6 is 0 Å². The van der Waals surface area contributed by atoms with Crippen molar-refractivity contribution >= 4 is 22.4 Å². The third kappa shape index (κ3) is 1.39. The predicted molar refractivity (Wildman–Crippen MR) is 69.0 cm³/mol. The maximum absolute atomic E-state index is 11.6. The van der Waals surface area contributed by atoms with Crippen LogP contribution in [0.4, 0.5) is 0 Å². The molecule has 1 aromatic heterocycles. The van der Waals surface area contributed by atoms with Gasteiger partial charge in [-0.3, -0.25) is 4.79 Å². The van der Waals surface area contributed by atoms with Crippen LogP contribution in [-0.2, 0) is 6.42 Å². The molecule has 17 heavy (non-hydrogen) atoms. The molecule has 3 nitrogen and oxygen atoms in total. The quantitative estimate of drug-likeness (QED) is 0.734. The summed E-state index contributed by atoms with van der Waals surface area (Å²) in [5, 5.41) is 4.43. The maximum atomic E-state index is 11.6. The molecule has 0 spiro atoms. The average molecular weight is 226 g/mol. The molecule has 0 fully saturated rings. The van der Waals surface area contributed by atoms with Gasteiger partial charge < -0.3 is 10.3 Å². The Labute approximate surface area is 99.5 Å². The van der Waals surface area contributed by atoms with Gasteiger partial charge in [0.25, 0.3) is 0 Å². The van der Waals surface area contributed by atoms with E-state index in [0.29, 0.717) is 0 Å². The minimum Gasteiger partial charge on any atom is -0.385 e.